The van der Waals surface area contributed by atoms with Gasteiger partial charge >= 0.3 is 5.97 Å². The van der Waals surface area contributed by atoms with Gasteiger partial charge in [-0.3, -0.25) is 9.59 Å². The smallest absolute Gasteiger partial charge is 0.311 e. The highest BCUT2D eigenvalue weighted by Crippen LogP contribution is 2.38. The summed E-state index contributed by atoms with van der Waals surface area (Å²) in [5.74, 6) is -0.553. The number of carbonyl (C=O) groups excluding carboxylic acids is 1. The Morgan fingerprint density at radius 2 is 2.10 bits per heavy atom. The lowest BCUT2D eigenvalue weighted by Gasteiger charge is -2.27. The number of thioether (sulfide) groups is 1. The lowest BCUT2D eigenvalue weighted by Crippen LogP contribution is -2.47. The van der Waals surface area contributed by atoms with Crippen LogP contribution in [0.1, 0.15) is 32.6 Å². The van der Waals surface area contributed by atoms with Crippen LogP contribution in [0.3, 0.4) is 0 Å². The molecule has 0 aromatic carbocycles. The summed E-state index contributed by atoms with van der Waals surface area (Å²) < 4.78 is 22.7. The maximum Gasteiger partial charge on any atom is 0.311 e. The van der Waals surface area contributed by atoms with E-state index in [1.807, 2.05) is 0 Å². The van der Waals surface area contributed by atoms with E-state index in [0.717, 1.165) is 6.42 Å². The number of nitrogens with one attached hydrogen (secondary N) is 1. The lowest BCUT2D eigenvalue weighted by molar-refractivity contribution is -0.149. The third-order valence-corrected chi connectivity index (χ3v) is 7.70. The fourth-order valence-electron chi connectivity index (χ4n) is 2.98. The first kappa shape index (κ1) is 16.6. The SMILES string of the molecule is CC1(C(=O)O)CCCC1NC(=O)CSC1CCS(=O)(=O)C1. The van der Waals surface area contributed by atoms with Crippen molar-refractivity contribution in [3.05, 3.63) is 0 Å². The number of amides is 1. The van der Waals surface area contributed by atoms with Gasteiger partial charge in [0.1, 0.15) is 0 Å². The zero-order valence-electron chi connectivity index (χ0n) is 12.0. The van der Waals surface area contributed by atoms with Crippen LogP contribution < -0.4 is 5.32 Å². The Morgan fingerprint density at radius 3 is 2.67 bits per heavy atom. The van der Waals surface area contributed by atoms with Gasteiger partial charge in [-0.2, -0.15) is 0 Å². The first-order valence-electron chi connectivity index (χ1n) is 7.08. The minimum absolute atomic E-state index is 0.0183. The Morgan fingerprint density at radius 1 is 1.38 bits per heavy atom. The third-order valence-electron chi connectivity index (χ3n) is 4.42. The van der Waals surface area contributed by atoms with E-state index in [9.17, 15) is 23.1 Å². The van der Waals surface area contributed by atoms with Crippen molar-refractivity contribution in [2.24, 2.45) is 5.41 Å². The molecule has 0 aromatic heterocycles. The fraction of sp³-hybridized carbons (Fsp3) is 0.846. The summed E-state index contributed by atoms with van der Waals surface area (Å²) in [5.41, 5.74) is -0.892. The summed E-state index contributed by atoms with van der Waals surface area (Å²) >= 11 is 1.35. The van der Waals surface area contributed by atoms with E-state index in [-0.39, 0.29) is 34.5 Å². The van der Waals surface area contributed by atoms with Crippen molar-refractivity contribution in [1.82, 2.24) is 5.32 Å². The second-order valence-corrected chi connectivity index (χ2v) is 9.59. The zero-order chi connectivity index (χ0) is 15.7. The molecule has 0 spiro atoms. The van der Waals surface area contributed by atoms with Gasteiger partial charge in [0.15, 0.2) is 9.84 Å². The lowest BCUT2D eigenvalue weighted by atomic mass is 9.85. The predicted octanol–water partition coefficient (Wildman–Crippen LogP) is 0.666. The molecule has 120 valence electrons. The molecule has 1 heterocycles. The van der Waals surface area contributed by atoms with Gasteiger partial charge in [-0.05, 0) is 26.2 Å². The van der Waals surface area contributed by atoms with Gasteiger partial charge in [-0.1, -0.05) is 6.42 Å². The third kappa shape index (κ3) is 3.91. The quantitative estimate of drug-likeness (QED) is 0.766. The van der Waals surface area contributed by atoms with E-state index in [1.54, 1.807) is 6.92 Å². The Labute approximate surface area is 129 Å². The molecule has 3 atom stereocenters. The van der Waals surface area contributed by atoms with E-state index in [1.165, 1.54) is 11.8 Å². The normalized spacial score (nSPS) is 34.7. The van der Waals surface area contributed by atoms with Crippen molar-refractivity contribution in [1.29, 1.82) is 0 Å². The molecule has 2 rings (SSSR count). The minimum atomic E-state index is -2.93. The number of aliphatic carboxylic acids is 1. The number of hydrogen-bond acceptors (Lipinski definition) is 5. The molecule has 1 saturated carbocycles. The number of sulfone groups is 1. The largest absolute Gasteiger partial charge is 0.481 e. The Bertz CT molecular complexity index is 533. The van der Waals surface area contributed by atoms with Gasteiger partial charge in [0, 0.05) is 11.3 Å². The first-order chi connectivity index (χ1) is 9.73. The zero-order valence-corrected chi connectivity index (χ0v) is 13.6. The maximum absolute atomic E-state index is 12.0. The summed E-state index contributed by atoms with van der Waals surface area (Å²) in [4.78, 5) is 23.3. The van der Waals surface area contributed by atoms with Gasteiger partial charge < -0.3 is 10.4 Å². The monoisotopic (exact) mass is 335 g/mol. The summed E-state index contributed by atoms with van der Waals surface area (Å²) in [5, 5.41) is 12.1. The number of carboxylic acids is 1. The van der Waals surface area contributed by atoms with Crippen molar-refractivity contribution in [2.75, 3.05) is 17.3 Å². The second kappa shape index (κ2) is 6.16. The molecule has 1 aliphatic carbocycles. The highest BCUT2D eigenvalue weighted by Gasteiger charge is 2.45. The molecule has 1 saturated heterocycles. The van der Waals surface area contributed by atoms with E-state index in [2.05, 4.69) is 5.32 Å². The van der Waals surface area contributed by atoms with Crippen LogP contribution in [-0.2, 0) is 19.4 Å². The molecule has 2 N–H and O–H groups in total. The fourth-order valence-corrected chi connectivity index (χ4v) is 6.43. The Kier molecular flexibility index (Phi) is 4.87. The van der Waals surface area contributed by atoms with Crippen LogP contribution in [0.5, 0.6) is 0 Å². The average Bonchev–Trinajstić information content (AvgIpc) is 2.92. The number of carboxylic acid groups (broad SMARTS) is 1. The van der Waals surface area contributed by atoms with Crippen LogP contribution >= 0.6 is 11.8 Å². The van der Waals surface area contributed by atoms with Crippen LogP contribution in [0.25, 0.3) is 0 Å². The Hall–Kier alpha value is -0.760. The van der Waals surface area contributed by atoms with Gasteiger partial charge in [-0.25, -0.2) is 8.42 Å². The molecule has 2 fully saturated rings. The highest BCUT2D eigenvalue weighted by atomic mass is 32.2. The molecule has 8 heteroatoms. The number of carbonyl (C=O) groups is 2. The molecule has 21 heavy (non-hydrogen) atoms. The van der Waals surface area contributed by atoms with Gasteiger partial charge in [-0.15, -0.1) is 11.8 Å². The van der Waals surface area contributed by atoms with Crippen LogP contribution in [0, 0.1) is 5.41 Å². The van der Waals surface area contributed by atoms with Crippen molar-refractivity contribution >= 4 is 33.5 Å². The molecule has 1 amide bonds. The molecular weight excluding hydrogens is 314 g/mol. The van der Waals surface area contributed by atoms with Crippen LogP contribution in [0.4, 0.5) is 0 Å². The summed E-state index contributed by atoms with van der Waals surface area (Å²) in [6.07, 6.45) is 2.64. The molecule has 1 aliphatic heterocycles. The Balaban J connectivity index is 1.81. The van der Waals surface area contributed by atoms with E-state index in [0.29, 0.717) is 19.3 Å². The molecule has 6 nitrogen and oxygen atoms in total. The molecular formula is C13H21NO5S2. The molecule has 0 bridgehead atoms. The van der Waals surface area contributed by atoms with E-state index in [4.69, 9.17) is 0 Å². The molecule has 2 aliphatic rings. The van der Waals surface area contributed by atoms with Crippen LogP contribution in [0.2, 0.25) is 0 Å². The summed E-state index contributed by atoms with van der Waals surface area (Å²) in [6.45, 7) is 1.67. The molecule has 0 radical (unpaired) electrons. The average molecular weight is 335 g/mol. The number of rotatable bonds is 5. The van der Waals surface area contributed by atoms with Crippen molar-refractivity contribution in [2.45, 2.75) is 43.9 Å². The highest BCUT2D eigenvalue weighted by molar-refractivity contribution is 8.02. The van der Waals surface area contributed by atoms with Crippen molar-refractivity contribution < 1.29 is 23.1 Å². The van der Waals surface area contributed by atoms with E-state index >= 15 is 0 Å². The van der Waals surface area contributed by atoms with Crippen molar-refractivity contribution in [3.8, 4) is 0 Å². The van der Waals surface area contributed by atoms with Crippen LogP contribution in [-0.4, -0.2) is 54.0 Å². The topological polar surface area (TPSA) is 101 Å². The minimum Gasteiger partial charge on any atom is -0.481 e. The van der Waals surface area contributed by atoms with Crippen molar-refractivity contribution in [3.63, 3.8) is 0 Å². The van der Waals surface area contributed by atoms with Gasteiger partial charge in [0.25, 0.3) is 0 Å². The second-order valence-electron chi connectivity index (χ2n) is 6.07. The molecule has 0 aromatic rings. The predicted molar refractivity (Wildman–Crippen MR) is 81.0 cm³/mol. The summed E-state index contributed by atoms with van der Waals surface area (Å²) in [6, 6.07) is -0.338. The summed E-state index contributed by atoms with van der Waals surface area (Å²) in [7, 11) is -2.93. The van der Waals surface area contributed by atoms with Crippen LogP contribution in [0.15, 0.2) is 0 Å². The number of hydrogen-bond donors (Lipinski definition) is 2. The first-order valence-corrected chi connectivity index (χ1v) is 9.95. The van der Waals surface area contributed by atoms with Gasteiger partial charge in [0.05, 0.1) is 22.7 Å². The van der Waals surface area contributed by atoms with Gasteiger partial charge in [0.2, 0.25) is 5.91 Å². The standard InChI is InChI=1S/C13H21NO5S2/c1-13(12(16)17)5-2-3-10(13)14-11(15)7-20-9-4-6-21(18,19)8-9/h9-10H,2-8H2,1H3,(H,14,15)(H,16,17). The molecule has 3 unspecified atom stereocenters. The van der Waals surface area contributed by atoms with E-state index < -0.39 is 21.2 Å². The maximum atomic E-state index is 12.0.